The minimum absolute atomic E-state index is 0.0385. The molecule has 2 saturated heterocycles. The lowest BCUT2D eigenvalue weighted by molar-refractivity contribution is -0.142. The number of carbonyl (C=O) groups excluding carboxylic acids is 1. The Labute approximate surface area is 240 Å². The van der Waals surface area contributed by atoms with Gasteiger partial charge in [-0.2, -0.15) is 13.2 Å². The molecule has 0 spiro atoms. The van der Waals surface area contributed by atoms with Crippen LogP contribution >= 0.6 is 11.3 Å². The van der Waals surface area contributed by atoms with Crippen molar-refractivity contribution in [2.24, 2.45) is 5.92 Å². The highest BCUT2D eigenvalue weighted by molar-refractivity contribution is 7.12. The molecule has 4 heterocycles. The number of benzene rings is 1. The molecule has 1 N–H and O–H groups in total. The van der Waals surface area contributed by atoms with Gasteiger partial charge in [-0.3, -0.25) is 14.5 Å². The average Bonchev–Trinajstić information content (AvgIpc) is 3.53. The zero-order valence-electron chi connectivity index (χ0n) is 22.9. The van der Waals surface area contributed by atoms with E-state index in [-0.39, 0.29) is 29.4 Å². The van der Waals surface area contributed by atoms with E-state index < -0.39 is 17.7 Å². The van der Waals surface area contributed by atoms with Crippen molar-refractivity contribution in [3.63, 3.8) is 0 Å². The summed E-state index contributed by atoms with van der Waals surface area (Å²) >= 11 is 1.35. The van der Waals surface area contributed by atoms with Gasteiger partial charge >= 0.3 is 12.1 Å². The van der Waals surface area contributed by atoms with Gasteiger partial charge in [-0.25, -0.2) is 15.0 Å². The summed E-state index contributed by atoms with van der Waals surface area (Å²) in [6.45, 7) is 6.15. The summed E-state index contributed by atoms with van der Waals surface area (Å²) in [5.74, 6) is -0.844. The number of likely N-dealkylation sites (tertiary alicyclic amines) is 1. The SMILES string of the molecule is Cc1ccc(-c2nc(CC(=O)c3cnc(N4CCC(C(=O)O)CC4)cn3)sc2CN2CCC[C@H]2C)cc1C(F)(F)F. The molecule has 0 amide bonds. The number of alkyl halides is 3. The highest BCUT2D eigenvalue weighted by Crippen LogP contribution is 2.37. The van der Waals surface area contributed by atoms with Gasteiger partial charge in [0, 0.05) is 36.1 Å². The summed E-state index contributed by atoms with van der Waals surface area (Å²) in [6, 6.07) is 4.64. The summed E-state index contributed by atoms with van der Waals surface area (Å²) in [4.78, 5) is 42.8. The molecule has 1 aromatic carbocycles. The normalized spacial score (nSPS) is 18.7. The first kappa shape index (κ1) is 29.1. The van der Waals surface area contributed by atoms with Crippen LogP contribution in [0.25, 0.3) is 11.3 Å². The number of rotatable bonds is 8. The molecule has 0 saturated carbocycles. The van der Waals surface area contributed by atoms with Crippen LogP contribution < -0.4 is 4.90 Å². The van der Waals surface area contributed by atoms with E-state index in [9.17, 15) is 27.9 Å². The molecular formula is C29H32F3N5O3S. The molecule has 5 rings (SSSR count). The first-order chi connectivity index (χ1) is 19.5. The molecule has 0 aliphatic carbocycles. The molecule has 2 aromatic heterocycles. The Kier molecular flexibility index (Phi) is 8.42. The van der Waals surface area contributed by atoms with Gasteiger partial charge in [0.2, 0.25) is 0 Å². The maximum atomic E-state index is 13.7. The van der Waals surface area contributed by atoms with Crippen LogP contribution in [0, 0.1) is 12.8 Å². The van der Waals surface area contributed by atoms with E-state index in [1.54, 1.807) is 6.07 Å². The van der Waals surface area contributed by atoms with Crippen molar-refractivity contribution in [2.75, 3.05) is 24.5 Å². The van der Waals surface area contributed by atoms with Crippen molar-refractivity contribution in [3.8, 4) is 11.3 Å². The number of piperidine rings is 1. The Morgan fingerprint density at radius 2 is 1.85 bits per heavy atom. The lowest BCUT2D eigenvalue weighted by Crippen LogP contribution is -2.36. The van der Waals surface area contributed by atoms with Crippen molar-refractivity contribution in [3.05, 3.63) is 57.3 Å². The van der Waals surface area contributed by atoms with E-state index in [1.807, 2.05) is 4.90 Å². The molecule has 0 unspecified atom stereocenters. The molecule has 2 aliphatic rings. The highest BCUT2D eigenvalue weighted by atomic mass is 32.1. The number of hydrogen-bond donors (Lipinski definition) is 1. The Balaban J connectivity index is 1.36. The summed E-state index contributed by atoms with van der Waals surface area (Å²) < 4.78 is 41.0. The third kappa shape index (κ3) is 6.59. The number of halogens is 3. The monoisotopic (exact) mass is 587 g/mol. The van der Waals surface area contributed by atoms with Gasteiger partial charge in [-0.1, -0.05) is 12.1 Å². The number of Topliss-reactive ketones (excluding diaryl/α,β-unsaturated/α-hetero) is 1. The number of nitrogens with zero attached hydrogens (tertiary/aromatic N) is 5. The Morgan fingerprint density at radius 1 is 1.10 bits per heavy atom. The summed E-state index contributed by atoms with van der Waals surface area (Å²) in [5, 5.41) is 9.72. The predicted octanol–water partition coefficient (Wildman–Crippen LogP) is 5.64. The second kappa shape index (κ2) is 11.8. The van der Waals surface area contributed by atoms with Crippen LogP contribution in [0.4, 0.5) is 19.0 Å². The number of carboxylic acid groups (broad SMARTS) is 1. The fraction of sp³-hybridized carbons (Fsp3) is 0.483. The van der Waals surface area contributed by atoms with E-state index >= 15 is 0 Å². The van der Waals surface area contributed by atoms with Crippen LogP contribution in [0.1, 0.15) is 64.1 Å². The van der Waals surface area contributed by atoms with Gasteiger partial charge in [0.15, 0.2) is 5.78 Å². The maximum absolute atomic E-state index is 13.7. The van der Waals surface area contributed by atoms with Crippen molar-refractivity contribution >= 4 is 28.9 Å². The number of anilines is 1. The molecule has 12 heteroatoms. The zero-order chi connectivity index (χ0) is 29.3. The van der Waals surface area contributed by atoms with Crippen LogP contribution in [-0.4, -0.2) is 62.4 Å². The van der Waals surface area contributed by atoms with Gasteiger partial charge in [0.25, 0.3) is 0 Å². The van der Waals surface area contributed by atoms with Crippen molar-refractivity contribution < 1.29 is 27.9 Å². The number of carboxylic acids is 1. The third-order valence-corrected chi connectivity index (χ3v) is 9.04. The second-order valence-electron chi connectivity index (χ2n) is 10.8. The number of ketones is 1. The van der Waals surface area contributed by atoms with Gasteiger partial charge in [-0.15, -0.1) is 11.3 Å². The van der Waals surface area contributed by atoms with E-state index in [4.69, 9.17) is 0 Å². The lowest BCUT2D eigenvalue weighted by atomic mass is 9.97. The Morgan fingerprint density at radius 3 is 2.46 bits per heavy atom. The second-order valence-corrected chi connectivity index (χ2v) is 12.0. The van der Waals surface area contributed by atoms with Crippen LogP contribution in [0.3, 0.4) is 0 Å². The smallest absolute Gasteiger partial charge is 0.416 e. The summed E-state index contributed by atoms with van der Waals surface area (Å²) in [7, 11) is 0. The predicted molar refractivity (Wildman–Crippen MR) is 149 cm³/mol. The van der Waals surface area contributed by atoms with Crippen molar-refractivity contribution in [2.45, 2.75) is 64.7 Å². The molecule has 2 aliphatic heterocycles. The fourth-order valence-electron chi connectivity index (χ4n) is 5.51. The van der Waals surface area contributed by atoms with E-state index in [2.05, 4.69) is 26.8 Å². The molecule has 1 atom stereocenters. The van der Waals surface area contributed by atoms with Gasteiger partial charge in [-0.05, 0) is 57.7 Å². The Hall–Kier alpha value is -3.38. The molecular weight excluding hydrogens is 555 g/mol. The molecule has 0 radical (unpaired) electrons. The fourth-order valence-corrected chi connectivity index (χ4v) is 6.62. The average molecular weight is 588 g/mol. The van der Waals surface area contributed by atoms with E-state index in [0.29, 0.717) is 60.6 Å². The Bertz CT molecular complexity index is 1420. The van der Waals surface area contributed by atoms with E-state index in [1.165, 1.54) is 36.7 Å². The minimum Gasteiger partial charge on any atom is -0.481 e. The number of aryl methyl sites for hydroxylation is 1. The topological polar surface area (TPSA) is 99.5 Å². The summed E-state index contributed by atoms with van der Waals surface area (Å²) in [6.07, 6.45) is 1.59. The minimum atomic E-state index is -4.48. The maximum Gasteiger partial charge on any atom is 0.416 e. The van der Waals surface area contributed by atoms with Crippen molar-refractivity contribution in [1.29, 1.82) is 0 Å². The molecule has 2 fully saturated rings. The molecule has 3 aromatic rings. The molecule has 218 valence electrons. The van der Waals surface area contributed by atoms with Gasteiger partial charge in [0.05, 0.1) is 36.0 Å². The van der Waals surface area contributed by atoms with Crippen molar-refractivity contribution in [1.82, 2.24) is 19.9 Å². The number of hydrogen-bond acceptors (Lipinski definition) is 8. The van der Waals surface area contributed by atoms with Crippen LogP contribution in [0.5, 0.6) is 0 Å². The molecule has 8 nitrogen and oxygen atoms in total. The first-order valence-electron chi connectivity index (χ1n) is 13.7. The van der Waals surface area contributed by atoms with Crippen LogP contribution in [0.2, 0.25) is 0 Å². The lowest BCUT2D eigenvalue weighted by Gasteiger charge is -2.30. The zero-order valence-corrected chi connectivity index (χ0v) is 23.8. The third-order valence-electron chi connectivity index (χ3n) is 8.00. The molecule has 0 bridgehead atoms. The van der Waals surface area contributed by atoms with Crippen LogP contribution in [0.15, 0.2) is 30.6 Å². The highest BCUT2D eigenvalue weighted by Gasteiger charge is 2.33. The first-order valence-corrected chi connectivity index (χ1v) is 14.5. The number of carbonyl (C=O) groups is 2. The number of aromatic nitrogens is 3. The molecule has 41 heavy (non-hydrogen) atoms. The van der Waals surface area contributed by atoms with Gasteiger partial charge in [0.1, 0.15) is 16.5 Å². The number of aliphatic carboxylic acids is 1. The van der Waals surface area contributed by atoms with Gasteiger partial charge < -0.3 is 10.0 Å². The van der Waals surface area contributed by atoms with E-state index in [0.717, 1.165) is 30.3 Å². The standard InChI is InChI=1S/C29H32F3N5O3S/c1-17-5-6-20(12-21(17)29(30,31)32)27-24(16-37-9-3-4-18(37)2)41-26(35-27)13-23(38)22-14-34-25(15-33-22)36-10-7-19(8-11-36)28(39)40/h5-6,12,14-15,18-19H,3-4,7-11,13,16H2,1-2H3,(H,39,40)/t18-/m1/s1. The van der Waals surface area contributed by atoms with Crippen LogP contribution in [-0.2, 0) is 23.9 Å². The largest absolute Gasteiger partial charge is 0.481 e. The summed E-state index contributed by atoms with van der Waals surface area (Å²) in [5.41, 5.74) is 0.498. The number of thiazole rings is 1. The quantitative estimate of drug-likeness (QED) is 0.338.